The summed E-state index contributed by atoms with van der Waals surface area (Å²) in [5.41, 5.74) is 0. The molecule has 1 saturated carbocycles. The van der Waals surface area contributed by atoms with Crippen molar-refractivity contribution in [2.75, 3.05) is 26.3 Å². The van der Waals surface area contributed by atoms with Crippen LogP contribution in [0.15, 0.2) is 0 Å². The summed E-state index contributed by atoms with van der Waals surface area (Å²) in [7, 11) is 0. The molecule has 1 fully saturated rings. The Balaban J connectivity index is 1.99. The Morgan fingerprint density at radius 1 is 1.25 bits per heavy atom. The zero-order chi connectivity index (χ0) is 11.6. The SMILES string of the molecule is CCOCC[C@H](CC)CNCC1CCCC1. The second-order valence-corrected chi connectivity index (χ2v) is 5.07. The van der Waals surface area contributed by atoms with Gasteiger partial charge in [0.05, 0.1) is 0 Å². The minimum Gasteiger partial charge on any atom is -0.382 e. The molecular formula is C14H29NO. The lowest BCUT2D eigenvalue weighted by atomic mass is 10.0. The van der Waals surface area contributed by atoms with E-state index in [-0.39, 0.29) is 0 Å². The highest BCUT2D eigenvalue weighted by atomic mass is 16.5. The van der Waals surface area contributed by atoms with Crippen molar-refractivity contribution >= 4 is 0 Å². The van der Waals surface area contributed by atoms with Gasteiger partial charge in [-0.05, 0) is 51.1 Å². The molecule has 2 nitrogen and oxygen atoms in total. The standard InChI is InChI=1S/C14H29NO/c1-3-13(9-10-16-4-2)11-15-12-14-7-5-6-8-14/h13-15H,3-12H2,1-2H3/t13-/m0/s1. The van der Waals surface area contributed by atoms with E-state index in [9.17, 15) is 0 Å². The van der Waals surface area contributed by atoms with Crippen molar-refractivity contribution in [3.8, 4) is 0 Å². The van der Waals surface area contributed by atoms with Crippen molar-refractivity contribution in [1.29, 1.82) is 0 Å². The maximum atomic E-state index is 5.42. The molecule has 0 amide bonds. The molecule has 1 atom stereocenters. The molecule has 0 aromatic carbocycles. The van der Waals surface area contributed by atoms with Crippen LogP contribution in [0.2, 0.25) is 0 Å². The van der Waals surface area contributed by atoms with Crippen molar-refractivity contribution in [2.45, 2.75) is 52.4 Å². The summed E-state index contributed by atoms with van der Waals surface area (Å²) in [6, 6.07) is 0. The number of ether oxygens (including phenoxy) is 1. The van der Waals surface area contributed by atoms with Gasteiger partial charge < -0.3 is 10.1 Å². The van der Waals surface area contributed by atoms with Crippen LogP contribution in [0, 0.1) is 11.8 Å². The highest BCUT2D eigenvalue weighted by molar-refractivity contribution is 4.70. The molecule has 1 rings (SSSR count). The van der Waals surface area contributed by atoms with E-state index in [1.54, 1.807) is 0 Å². The zero-order valence-corrected chi connectivity index (χ0v) is 11.1. The molecule has 0 bridgehead atoms. The van der Waals surface area contributed by atoms with E-state index in [0.717, 1.165) is 25.0 Å². The smallest absolute Gasteiger partial charge is 0.0469 e. The highest BCUT2D eigenvalue weighted by Gasteiger charge is 2.14. The fraction of sp³-hybridized carbons (Fsp3) is 1.00. The highest BCUT2D eigenvalue weighted by Crippen LogP contribution is 2.23. The molecular weight excluding hydrogens is 198 g/mol. The fourth-order valence-corrected chi connectivity index (χ4v) is 2.55. The molecule has 1 aliphatic carbocycles. The van der Waals surface area contributed by atoms with E-state index in [0.29, 0.717) is 0 Å². The largest absolute Gasteiger partial charge is 0.382 e. The van der Waals surface area contributed by atoms with E-state index in [1.807, 2.05) is 0 Å². The molecule has 0 saturated heterocycles. The summed E-state index contributed by atoms with van der Waals surface area (Å²) in [6.45, 7) is 8.56. The summed E-state index contributed by atoms with van der Waals surface area (Å²) in [5, 5.41) is 3.65. The van der Waals surface area contributed by atoms with Crippen molar-refractivity contribution < 1.29 is 4.74 Å². The Bertz CT molecular complexity index is 155. The van der Waals surface area contributed by atoms with Crippen molar-refractivity contribution in [2.24, 2.45) is 11.8 Å². The molecule has 0 aromatic heterocycles. The first kappa shape index (κ1) is 14.0. The van der Waals surface area contributed by atoms with Gasteiger partial charge >= 0.3 is 0 Å². The average Bonchev–Trinajstić information content (AvgIpc) is 2.80. The molecule has 2 heteroatoms. The Morgan fingerprint density at radius 2 is 2.00 bits per heavy atom. The van der Waals surface area contributed by atoms with Gasteiger partial charge in [0.15, 0.2) is 0 Å². The molecule has 0 aliphatic heterocycles. The minimum absolute atomic E-state index is 0.799. The number of nitrogens with one attached hydrogen (secondary N) is 1. The third-order valence-corrected chi connectivity index (χ3v) is 3.79. The van der Waals surface area contributed by atoms with Gasteiger partial charge in [-0.1, -0.05) is 26.2 Å². The third-order valence-electron chi connectivity index (χ3n) is 3.79. The van der Waals surface area contributed by atoms with Gasteiger partial charge in [-0.15, -0.1) is 0 Å². The number of hydrogen-bond donors (Lipinski definition) is 1. The summed E-state index contributed by atoms with van der Waals surface area (Å²) in [4.78, 5) is 0. The average molecular weight is 227 g/mol. The lowest BCUT2D eigenvalue weighted by Crippen LogP contribution is -2.27. The first-order valence-electron chi connectivity index (χ1n) is 7.15. The van der Waals surface area contributed by atoms with Crippen LogP contribution < -0.4 is 5.32 Å². The fourth-order valence-electron chi connectivity index (χ4n) is 2.55. The summed E-state index contributed by atoms with van der Waals surface area (Å²) >= 11 is 0. The zero-order valence-electron chi connectivity index (χ0n) is 11.1. The minimum atomic E-state index is 0.799. The van der Waals surface area contributed by atoms with Gasteiger partial charge in [-0.25, -0.2) is 0 Å². The van der Waals surface area contributed by atoms with Gasteiger partial charge in [-0.2, -0.15) is 0 Å². The quantitative estimate of drug-likeness (QED) is 0.611. The molecule has 96 valence electrons. The Hall–Kier alpha value is -0.0800. The molecule has 1 N–H and O–H groups in total. The van der Waals surface area contributed by atoms with Crippen LogP contribution in [-0.4, -0.2) is 26.3 Å². The maximum Gasteiger partial charge on any atom is 0.0469 e. The van der Waals surface area contributed by atoms with Crippen molar-refractivity contribution in [3.63, 3.8) is 0 Å². The Morgan fingerprint density at radius 3 is 2.62 bits per heavy atom. The summed E-state index contributed by atoms with van der Waals surface area (Å²) in [6.07, 6.45) is 8.28. The number of rotatable bonds is 9. The lowest BCUT2D eigenvalue weighted by Gasteiger charge is -2.17. The first-order valence-corrected chi connectivity index (χ1v) is 7.15. The Labute approximate surface area is 101 Å². The molecule has 0 heterocycles. The normalized spacial score (nSPS) is 19.1. The second-order valence-electron chi connectivity index (χ2n) is 5.07. The predicted octanol–water partition coefficient (Wildman–Crippen LogP) is 3.22. The van der Waals surface area contributed by atoms with E-state index < -0.39 is 0 Å². The molecule has 0 spiro atoms. The molecule has 0 radical (unpaired) electrons. The second kappa shape index (κ2) is 9.00. The van der Waals surface area contributed by atoms with E-state index in [2.05, 4.69) is 19.2 Å². The lowest BCUT2D eigenvalue weighted by molar-refractivity contribution is 0.130. The maximum absolute atomic E-state index is 5.42. The van der Waals surface area contributed by atoms with Crippen LogP contribution in [-0.2, 0) is 4.74 Å². The van der Waals surface area contributed by atoms with Gasteiger partial charge in [0, 0.05) is 13.2 Å². The van der Waals surface area contributed by atoms with Crippen LogP contribution >= 0.6 is 0 Å². The Kier molecular flexibility index (Phi) is 7.87. The van der Waals surface area contributed by atoms with Crippen LogP contribution in [0.5, 0.6) is 0 Å². The molecule has 16 heavy (non-hydrogen) atoms. The third kappa shape index (κ3) is 5.86. The van der Waals surface area contributed by atoms with Crippen molar-refractivity contribution in [3.05, 3.63) is 0 Å². The van der Waals surface area contributed by atoms with Crippen LogP contribution in [0.3, 0.4) is 0 Å². The summed E-state index contributed by atoms with van der Waals surface area (Å²) in [5.74, 6) is 1.76. The van der Waals surface area contributed by atoms with E-state index >= 15 is 0 Å². The predicted molar refractivity (Wildman–Crippen MR) is 69.7 cm³/mol. The monoisotopic (exact) mass is 227 g/mol. The van der Waals surface area contributed by atoms with Gasteiger partial charge in [0.25, 0.3) is 0 Å². The summed E-state index contributed by atoms with van der Waals surface area (Å²) < 4.78 is 5.42. The van der Waals surface area contributed by atoms with Crippen LogP contribution in [0.1, 0.15) is 52.4 Å². The van der Waals surface area contributed by atoms with E-state index in [4.69, 9.17) is 4.74 Å². The topological polar surface area (TPSA) is 21.3 Å². The first-order chi connectivity index (χ1) is 7.86. The van der Waals surface area contributed by atoms with Gasteiger partial charge in [0.2, 0.25) is 0 Å². The van der Waals surface area contributed by atoms with E-state index in [1.165, 1.54) is 51.6 Å². The number of hydrogen-bond acceptors (Lipinski definition) is 2. The van der Waals surface area contributed by atoms with Crippen molar-refractivity contribution in [1.82, 2.24) is 5.32 Å². The van der Waals surface area contributed by atoms with Gasteiger partial charge in [-0.3, -0.25) is 0 Å². The molecule has 1 aliphatic rings. The van der Waals surface area contributed by atoms with Crippen LogP contribution in [0.25, 0.3) is 0 Å². The van der Waals surface area contributed by atoms with Crippen LogP contribution in [0.4, 0.5) is 0 Å². The molecule has 0 aromatic rings. The molecule has 0 unspecified atom stereocenters. The van der Waals surface area contributed by atoms with Gasteiger partial charge in [0.1, 0.15) is 0 Å².